The monoisotopic (exact) mass is 180 g/mol. The van der Waals surface area contributed by atoms with E-state index in [9.17, 15) is 4.79 Å². The number of hydrogen-bond donors (Lipinski definition) is 1. The van der Waals surface area contributed by atoms with Crippen LogP contribution in [0.2, 0.25) is 0 Å². The second-order valence-electron chi connectivity index (χ2n) is 2.60. The van der Waals surface area contributed by atoms with Gasteiger partial charge in [-0.3, -0.25) is 9.78 Å². The molecule has 0 aliphatic heterocycles. The van der Waals surface area contributed by atoms with Crippen LogP contribution < -0.4 is 10.5 Å². The van der Waals surface area contributed by atoms with Crippen molar-refractivity contribution < 1.29 is 9.53 Å². The lowest BCUT2D eigenvalue weighted by Crippen LogP contribution is -2.13. The number of carbonyl (C=O) groups excluding carboxylic acids is 1. The summed E-state index contributed by atoms with van der Waals surface area (Å²) in [6.07, 6.45) is 2.42. The van der Waals surface area contributed by atoms with Crippen LogP contribution >= 0.6 is 0 Å². The molecule has 13 heavy (non-hydrogen) atoms. The van der Waals surface area contributed by atoms with Crippen molar-refractivity contribution in [2.24, 2.45) is 5.73 Å². The summed E-state index contributed by atoms with van der Waals surface area (Å²) < 4.78 is 5.08. The number of nitrogens with zero attached hydrogens (tertiary/aromatic N) is 1. The number of nitrogens with two attached hydrogens (primary N) is 1. The fourth-order valence-corrected chi connectivity index (χ4v) is 1.06. The van der Waals surface area contributed by atoms with Crippen LogP contribution in [0.5, 0.6) is 5.75 Å². The Hall–Kier alpha value is -1.58. The summed E-state index contributed by atoms with van der Waals surface area (Å²) in [4.78, 5) is 14.7. The van der Waals surface area contributed by atoms with Gasteiger partial charge in [0.15, 0.2) is 0 Å². The Bertz CT molecular complexity index is 323. The number of amides is 1. The molecule has 0 atom stereocenters. The highest BCUT2D eigenvalue weighted by Gasteiger charge is 2.07. The molecule has 0 radical (unpaired) electrons. The van der Waals surface area contributed by atoms with Gasteiger partial charge in [0.2, 0.25) is 0 Å². The lowest BCUT2D eigenvalue weighted by molar-refractivity contribution is 0.0995. The van der Waals surface area contributed by atoms with Crippen LogP contribution in [-0.4, -0.2) is 18.0 Å². The number of carbonyl (C=O) groups is 1. The number of pyridine rings is 1. The van der Waals surface area contributed by atoms with Crippen molar-refractivity contribution in [1.82, 2.24) is 4.98 Å². The van der Waals surface area contributed by atoms with E-state index in [1.165, 1.54) is 0 Å². The molecule has 0 bridgehead atoms. The molecule has 0 aliphatic carbocycles. The highest BCUT2D eigenvalue weighted by atomic mass is 16.5. The van der Waals surface area contributed by atoms with Crippen molar-refractivity contribution in [3.63, 3.8) is 0 Å². The fraction of sp³-hybridized carbons (Fsp3) is 0.333. The van der Waals surface area contributed by atoms with Crippen LogP contribution in [0.25, 0.3) is 0 Å². The highest BCUT2D eigenvalue weighted by molar-refractivity contribution is 5.91. The van der Waals surface area contributed by atoms with Gasteiger partial charge in [0.1, 0.15) is 11.4 Å². The normalized spacial score (nSPS) is 9.69. The Labute approximate surface area is 76.7 Å². The summed E-state index contributed by atoms with van der Waals surface area (Å²) in [6, 6.07) is 1.56. The minimum Gasteiger partial charge on any atom is -0.496 e. The van der Waals surface area contributed by atoms with E-state index in [-0.39, 0.29) is 5.69 Å². The summed E-state index contributed by atoms with van der Waals surface area (Å²) in [5.41, 5.74) is 6.27. The summed E-state index contributed by atoms with van der Waals surface area (Å²) in [7, 11) is 1.55. The zero-order valence-electron chi connectivity index (χ0n) is 7.70. The average Bonchev–Trinajstić information content (AvgIpc) is 2.16. The van der Waals surface area contributed by atoms with Crippen LogP contribution in [0, 0.1) is 0 Å². The zero-order valence-corrected chi connectivity index (χ0v) is 7.70. The van der Waals surface area contributed by atoms with E-state index in [1.807, 2.05) is 6.92 Å². The molecule has 0 spiro atoms. The number of methoxy groups -OCH3 is 1. The SMILES string of the molecule is CCc1cnc(C(N)=O)cc1OC. The second-order valence-corrected chi connectivity index (χ2v) is 2.60. The molecule has 0 saturated heterocycles. The molecule has 0 unspecified atom stereocenters. The number of aryl methyl sites for hydroxylation is 1. The van der Waals surface area contributed by atoms with Gasteiger partial charge in [-0.15, -0.1) is 0 Å². The first-order valence-electron chi connectivity index (χ1n) is 4.01. The van der Waals surface area contributed by atoms with Gasteiger partial charge < -0.3 is 10.5 Å². The summed E-state index contributed by atoms with van der Waals surface area (Å²) >= 11 is 0. The molecule has 1 aromatic rings. The van der Waals surface area contributed by atoms with E-state index in [0.29, 0.717) is 5.75 Å². The van der Waals surface area contributed by atoms with Crippen molar-refractivity contribution in [1.29, 1.82) is 0 Å². The Morgan fingerprint density at radius 2 is 2.38 bits per heavy atom. The first-order valence-corrected chi connectivity index (χ1v) is 4.01. The van der Waals surface area contributed by atoms with Gasteiger partial charge in [-0.05, 0) is 6.42 Å². The smallest absolute Gasteiger partial charge is 0.267 e. The number of rotatable bonds is 3. The van der Waals surface area contributed by atoms with Gasteiger partial charge in [0.05, 0.1) is 7.11 Å². The molecule has 1 heterocycles. The maximum Gasteiger partial charge on any atom is 0.267 e. The molecule has 1 amide bonds. The molecule has 0 aliphatic rings. The predicted octanol–water partition coefficient (Wildman–Crippen LogP) is 0.752. The number of ether oxygens (including phenoxy) is 1. The maximum atomic E-state index is 10.8. The van der Waals surface area contributed by atoms with Crippen LogP contribution in [-0.2, 0) is 6.42 Å². The third kappa shape index (κ3) is 1.96. The first-order chi connectivity index (χ1) is 6.19. The second kappa shape index (κ2) is 3.89. The topological polar surface area (TPSA) is 65.2 Å². The van der Waals surface area contributed by atoms with Gasteiger partial charge in [-0.1, -0.05) is 6.92 Å². The third-order valence-electron chi connectivity index (χ3n) is 1.80. The molecule has 2 N–H and O–H groups in total. The van der Waals surface area contributed by atoms with E-state index >= 15 is 0 Å². The van der Waals surface area contributed by atoms with E-state index in [2.05, 4.69) is 4.98 Å². The zero-order chi connectivity index (χ0) is 9.84. The maximum absolute atomic E-state index is 10.8. The van der Waals surface area contributed by atoms with Crippen LogP contribution in [0.4, 0.5) is 0 Å². The summed E-state index contributed by atoms with van der Waals surface area (Å²) in [5.74, 6) is 0.118. The lowest BCUT2D eigenvalue weighted by atomic mass is 10.2. The minimum atomic E-state index is -0.541. The molecule has 1 aromatic heterocycles. The molecule has 4 heteroatoms. The van der Waals surface area contributed by atoms with E-state index in [1.54, 1.807) is 19.4 Å². The van der Waals surface area contributed by atoms with Gasteiger partial charge in [0, 0.05) is 17.8 Å². The Morgan fingerprint density at radius 3 is 2.85 bits per heavy atom. The molecule has 70 valence electrons. The van der Waals surface area contributed by atoms with Gasteiger partial charge in [-0.25, -0.2) is 0 Å². The fourth-order valence-electron chi connectivity index (χ4n) is 1.06. The Kier molecular flexibility index (Phi) is 2.84. The Morgan fingerprint density at radius 1 is 1.69 bits per heavy atom. The number of aromatic nitrogens is 1. The number of hydrogen-bond acceptors (Lipinski definition) is 3. The van der Waals surface area contributed by atoms with Crippen molar-refractivity contribution in [3.05, 3.63) is 23.5 Å². The van der Waals surface area contributed by atoms with E-state index < -0.39 is 5.91 Å². The van der Waals surface area contributed by atoms with Crippen LogP contribution in [0.3, 0.4) is 0 Å². The largest absolute Gasteiger partial charge is 0.496 e. The molecule has 1 rings (SSSR count). The Balaban J connectivity index is 3.13. The van der Waals surface area contributed by atoms with Gasteiger partial charge >= 0.3 is 0 Å². The minimum absolute atomic E-state index is 0.231. The van der Waals surface area contributed by atoms with Crippen LogP contribution in [0.1, 0.15) is 23.0 Å². The average molecular weight is 180 g/mol. The highest BCUT2D eigenvalue weighted by Crippen LogP contribution is 2.18. The molecular formula is C9H12N2O2. The van der Waals surface area contributed by atoms with E-state index in [4.69, 9.17) is 10.5 Å². The first kappa shape index (κ1) is 9.51. The van der Waals surface area contributed by atoms with Crippen molar-refractivity contribution in [2.75, 3.05) is 7.11 Å². The van der Waals surface area contributed by atoms with Gasteiger partial charge in [0.25, 0.3) is 5.91 Å². The molecule has 0 saturated carbocycles. The standard InChI is InChI=1S/C9H12N2O2/c1-3-6-5-11-7(9(10)12)4-8(6)13-2/h4-5H,3H2,1-2H3,(H2,10,12). The van der Waals surface area contributed by atoms with Crippen molar-refractivity contribution in [2.45, 2.75) is 13.3 Å². The van der Waals surface area contributed by atoms with Crippen LogP contribution in [0.15, 0.2) is 12.3 Å². The van der Waals surface area contributed by atoms with E-state index in [0.717, 1.165) is 12.0 Å². The van der Waals surface area contributed by atoms with Gasteiger partial charge in [-0.2, -0.15) is 0 Å². The third-order valence-corrected chi connectivity index (χ3v) is 1.80. The summed E-state index contributed by atoms with van der Waals surface area (Å²) in [5, 5.41) is 0. The predicted molar refractivity (Wildman–Crippen MR) is 48.7 cm³/mol. The molecule has 0 aromatic carbocycles. The van der Waals surface area contributed by atoms with Crippen molar-refractivity contribution in [3.8, 4) is 5.75 Å². The van der Waals surface area contributed by atoms with Crippen molar-refractivity contribution >= 4 is 5.91 Å². The lowest BCUT2D eigenvalue weighted by Gasteiger charge is -2.06. The quantitative estimate of drug-likeness (QED) is 0.746. The summed E-state index contributed by atoms with van der Waals surface area (Å²) in [6.45, 7) is 1.99. The molecule has 0 fully saturated rings. The number of primary amides is 1. The molecule has 4 nitrogen and oxygen atoms in total. The molecular weight excluding hydrogens is 168 g/mol.